The Hall–Kier alpha value is -2.89. The van der Waals surface area contributed by atoms with E-state index in [0.29, 0.717) is 25.9 Å². The number of piperidine rings is 1. The molecule has 0 bridgehead atoms. The van der Waals surface area contributed by atoms with Gasteiger partial charge in [-0.15, -0.1) is 0 Å². The van der Waals surface area contributed by atoms with Crippen molar-refractivity contribution in [1.29, 1.82) is 0 Å². The summed E-state index contributed by atoms with van der Waals surface area (Å²) in [4.78, 5) is 42.3. The zero-order chi connectivity index (χ0) is 20.4. The molecular weight excluding hydrogens is 368 g/mol. The number of nitrogens with zero attached hydrogens (tertiary/aromatic N) is 1. The summed E-state index contributed by atoms with van der Waals surface area (Å²) in [7, 11) is 0. The Morgan fingerprint density at radius 1 is 1.00 bits per heavy atom. The number of aliphatic carboxylic acids is 1. The van der Waals surface area contributed by atoms with E-state index in [9.17, 15) is 19.5 Å². The fourth-order valence-corrected chi connectivity index (χ4v) is 4.66. The van der Waals surface area contributed by atoms with Crippen LogP contribution in [0, 0.1) is 0 Å². The molecule has 4 rings (SSSR count). The van der Waals surface area contributed by atoms with Crippen LogP contribution in [0.1, 0.15) is 59.3 Å². The molecule has 0 radical (unpaired) electrons. The lowest BCUT2D eigenvalue weighted by atomic mass is 9.73. The quantitative estimate of drug-likeness (QED) is 0.783. The Labute approximate surface area is 169 Å². The molecule has 0 atom stereocenters. The van der Waals surface area contributed by atoms with E-state index in [4.69, 9.17) is 0 Å². The monoisotopic (exact) mass is 394 g/mol. The topological polar surface area (TPSA) is 90.5 Å². The van der Waals surface area contributed by atoms with Gasteiger partial charge in [0.15, 0.2) is 0 Å². The number of hydrogen-bond donors (Lipinski definition) is 2. The summed E-state index contributed by atoms with van der Waals surface area (Å²) in [6.45, 7) is 0.632. The summed E-state index contributed by atoms with van der Waals surface area (Å²) < 4.78 is 0. The van der Waals surface area contributed by atoms with Crippen molar-refractivity contribution in [2.45, 2.75) is 50.4 Å². The van der Waals surface area contributed by atoms with Crippen LogP contribution in [-0.4, -0.2) is 40.0 Å². The molecule has 1 amide bonds. The minimum atomic E-state index is -0.988. The molecule has 0 unspecified atom stereocenters. The van der Waals surface area contributed by atoms with Gasteiger partial charge in [-0.3, -0.25) is 14.4 Å². The molecule has 29 heavy (non-hydrogen) atoms. The molecule has 1 saturated heterocycles. The number of aromatic amines is 1. The number of carbonyl (C=O) groups excluding carboxylic acids is 1. The van der Waals surface area contributed by atoms with Crippen molar-refractivity contribution >= 4 is 11.9 Å². The van der Waals surface area contributed by atoms with Crippen LogP contribution in [0.2, 0.25) is 0 Å². The molecule has 6 heteroatoms. The van der Waals surface area contributed by atoms with Gasteiger partial charge < -0.3 is 15.0 Å². The van der Waals surface area contributed by atoms with Gasteiger partial charge in [0.2, 0.25) is 0 Å². The van der Waals surface area contributed by atoms with Crippen LogP contribution in [0.15, 0.2) is 41.2 Å². The number of likely N-dealkylation sites (tertiary alicyclic amines) is 1. The summed E-state index contributed by atoms with van der Waals surface area (Å²) in [6, 6.07) is 11.0. The van der Waals surface area contributed by atoms with E-state index in [0.717, 1.165) is 48.9 Å². The molecule has 0 saturated carbocycles. The number of aryl methyl sites for hydroxylation is 2. The van der Waals surface area contributed by atoms with E-state index in [-0.39, 0.29) is 17.0 Å². The van der Waals surface area contributed by atoms with Crippen LogP contribution in [0.25, 0.3) is 0 Å². The Bertz CT molecular complexity index is 972. The highest BCUT2D eigenvalue weighted by atomic mass is 16.4. The fraction of sp³-hybridized carbons (Fsp3) is 0.435. The molecule has 1 aliphatic carbocycles. The Morgan fingerprint density at radius 3 is 2.38 bits per heavy atom. The van der Waals surface area contributed by atoms with Gasteiger partial charge in [0.05, 0.1) is 5.41 Å². The van der Waals surface area contributed by atoms with Crippen LogP contribution in [0.5, 0.6) is 0 Å². The zero-order valence-corrected chi connectivity index (χ0v) is 16.4. The fourth-order valence-electron chi connectivity index (χ4n) is 4.66. The molecule has 6 nitrogen and oxygen atoms in total. The maximum Gasteiger partial charge on any atom is 0.314 e. The molecule has 0 spiro atoms. The van der Waals surface area contributed by atoms with Gasteiger partial charge in [0, 0.05) is 18.8 Å². The average Bonchev–Trinajstić information content (AvgIpc) is 2.98. The van der Waals surface area contributed by atoms with E-state index in [1.165, 1.54) is 0 Å². The minimum Gasteiger partial charge on any atom is -0.481 e. The molecule has 152 valence electrons. The van der Waals surface area contributed by atoms with Gasteiger partial charge in [0.25, 0.3) is 11.5 Å². The van der Waals surface area contributed by atoms with Gasteiger partial charge in [-0.25, -0.2) is 0 Å². The van der Waals surface area contributed by atoms with Crippen molar-refractivity contribution in [1.82, 2.24) is 9.88 Å². The SMILES string of the molecule is O=C(c1cc2c([nH]c1=O)CCCCC2)N1CCC(C(=O)O)(c2ccccc2)CC1. The lowest BCUT2D eigenvalue weighted by molar-refractivity contribution is -0.145. The Kier molecular flexibility index (Phi) is 5.26. The number of amides is 1. The zero-order valence-electron chi connectivity index (χ0n) is 16.4. The van der Waals surface area contributed by atoms with E-state index < -0.39 is 11.4 Å². The smallest absolute Gasteiger partial charge is 0.314 e. The van der Waals surface area contributed by atoms with Crippen molar-refractivity contribution in [3.63, 3.8) is 0 Å². The first-order valence-electron chi connectivity index (χ1n) is 10.3. The number of nitrogens with one attached hydrogen (secondary N) is 1. The maximum absolute atomic E-state index is 13.1. The van der Waals surface area contributed by atoms with Crippen LogP contribution >= 0.6 is 0 Å². The number of fused-ring (bicyclic) bond motifs is 1. The normalized spacial score (nSPS) is 18.6. The third-order valence-electron chi connectivity index (χ3n) is 6.46. The molecule has 2 N–H and O–H groups in total. The summed E-state index contributed by atoms with van der Waals surface area (Å²) in [5.74, 6) is -1.16. The van der Waals surface area contributed by atoms with Gasteiger partial charge >= 0.3 is 5.97 Å². The average molecular weight is 394 g/mol. The summed E-state index contributed by atoms with van der Waals surface area (Å²) in [5.41, 5.74) is 1.63. The Balaban J connectivity index is 1.56. The largest absolute Gasteiger partial charge is 0.481 e. The first kappa shape index (κ1) is 19.4. The number of H-pyrrole nitrogens is 1. The highest BCUT2D eigenvalue weighted by Gasteiger charge is 2.44. The highest BCUT2D eigenvalue weighted by Crippen LogP contribution is 2.36. The number of pyridine rings is 1. The third-order valence-corrected chi connectivity index (χ3v) is 6.46. The number of benzene rings is 1. The second-order valence-corrected chi connectivity index (χ2v) is 8.12. The van der Waals surface area contributed by atoms with Gasteiger partial charge in [-0.1, -0.05) is 36.8 Å². The molecule has 1 aromatic heterocycles. The van der Waals surface area contributed by atoms with E-state index in [1.807, 2.05) is 30.3 Å². The maximum atomic E-state index is 13.1. The summed E-state index contributed by atoms with van der Waals surface area (Å²) in [5, 5.41) is 9.93. The lowest BCUT2D eigenvalue weighted by Crippen LogP contribution is -2.49. The van der Waals surface area contributed by atoms with Crippen molar-refractivity contribution in [3.8, 4) is 0 Å². The van der Waals surface area contributed by atoms with Crippen molar-refractivity contribution < 1.29 is 14.7 Å². The highest BCUT2D eigenvalue weighted by molar-refractivity contribution is 5.94. The minimum absolute atomic E-state index is 0.174. The van der Waals surface area contributed by atoms with Crippen LogP contribution in [0.3, 0.4) is 0 Å². The number of rotatable bonds is 3. The van der Waals surface area contributed by atoms with Crippen molar-refractivity contribution in [2.75, 3.05) is 13.1 Å². The van der Waals surface area contributed by atoms with Crippen LogP contribution in [0.4, 0.5) is 0 Å². The summed E-state index contributed by atoms with van der Waals surface area (Å²) in [6.07, 6.45) is 5.64. The van der Waals surface area contributed by atoms with Gasteiger partial charge in [-0.05, 0) is 55.7 Å². The number of carbonyl (C=O) groups is 2. The predicted molar refractivity (Wildman–Crippen MR) is 109 cm³/mol. The number of aromatic nitrogens is 1. The third kappa shape index (κ3) is 3.59. The van der Waals surface area contributed by atoms with Gasteiger partial charge in [-0.2, -0.15) is 0 Å². The molecular formula is C23H26N2O4. The lowest BCUT2D eigenvalue weighted by Gasteiger charge is -2.39. The Morgan fingerprint density at radius 2 is 1.69 bits per heavy atom. The molecule has 1 aliphatic heterocycles. The first-order chi connectivity index (χ1) is 14.0. The standard InChI is InChI=1S/C23H26N2O4/c26-20-18(15-16-7-3-1-6-10-19(16)24-20)21(27)25-13-11-23(12-14-25,22(28)29)17-8-4-2-5-9-17/h2,4-5,8-9,15H,1,3,6-7,10-14H2,(H,24,26)(H,28,29). The van der Waals surface area contributed by atoms with E-state index in [2.05, 4.69) is 4.98 Å². The first-order valence-corrected chi connectivity index (χ1v) is 10.3. The summed E-state index contributed by atoms with van der Waals surface area (Å²) >= 11 is 0. The molecule has 1 aromatic carbocycles. The second-order valence-electron chi connectivity index (χ2n) is 8.12. The number of hydrogen-bond acceptors (Lipinski definition) is 3. The number of carboxylic acids is 1. The van der Waals surface area contributed by atoms with Crippen molar-refractivity contribution in [3.05, 3.63) is 69.1 Å². The van der Waals surface area contributed by atoms with E-state index in [1.54, 1.807) is 11.0 Å². The molecule has 1 fully saturated rings. The molecule has 2 aromatic rings. The van der Waals surface area contributed by atoms with E-state index >= 15 is 0 Å². The molecule has 2 heterocycles. The second kappa shape index (κ2) is 7.85. The van der Waals surface area contributed by atoms with Crippen molar-refractivity contribution in [2.24, 2.45) is 0 Å². The number of carboxylic acid groups (broad SMARTS) is 1. The van der Waals surface area contributed by atoms with Crippen LogP contribution < -0.4 is 5.56 Å². The molecule has 2 aliphatic rings. The van der Waals surface area contributed by atoms with Crippen LogP contribution in [-0.2, 0) is 23.1 Å². The van der Waals surface area contributed by atoms with Gasteiger partial charge in [0.1, 0.15) is 5.56 Å². The predicted octanol–water partition coefficient (Wildman–Crippen LogP) is 2.90.